The molecule has 3 heterocycles. The third-order valence-electron chi connectivity index (χ3n) is 7.16. The van der Waals surface area contributed by atoms with Gasteiger partial charge in [-0.15, -0.1) is 0 Å². The van der Waals surface area contributed by atoms with Crippen LogP contribution in [0, 0.1) is 6.92 Å². The van der Waals surface area contributed by atoms with Crippen molar-refractivity contribution in [3.05, 3.63) is 58.4 Å². The number of anilines is 1. The number of rotatable bonds is 4. The third-order valence-corrected chi connectivity index (χ3v) is 7.16. The Labute approximate surface area is 180 Å². The molecule has 1 saturated heterocycles. The summed E-state index contributed by atoms with van der Waals surface area (Å²) in [6.45, 7) is 8.58. The monoisotopic (exact) mass is 405 g/mol. The first-order chi connectivity index (χ1) is 14.7. The number of nitrogens with zero attached hydrogens (tertiary/aromatic N) is 3. The van der Waals surface area contributed by atoms with Crippen LogP contribution >= 0.6 is 0 Å². The van der Waals surface area contributed by atoms with Crippen LogP contribution in [-0.4, -0.2) is 55.7 Å². The minimum atomic E-state index is 0.445. The molecule has 1 aromatic carbocycles. The Morgan fingerprint density at radius 3 is 2.93 bits per heavy atom. The number of fused-ring (bicyclic) bond motifs is 2. The van der Waals surface area contributed by atoms with E-state index in [0.29, 0.717) is 12.1 Å². The molecule has 0 radical (unpaired) electrons. The maximum absolute atomic E-state index is 4.85. The molecular formula is C25H35N5. The highest BCUT2D eigenvalue weighted by molar-refractivity contribution is 5.58. The number of benzene rings is 1. The Bertz CT molecular complexity index is 889. The normalized spacial score (nSPS) is 23.9. The van der Waals surface area contributed by atoms with Crippen LogP contribution in [0.5, 0.6) is 0 Å². The van der Waals surface area contributed by atoms with Gasteiger partial charge in [-0.25, -0.2) is 0 Å². The quantitative estimate of drug-likeness (QED) is 0.819. The van der Waals surface area contributed by atoms with Gasteiger partial charge in [-0.2, -0.15) is 0 Å². The lowest BCUT2D eigenvalue weighted by atomic mass is 9.89. The van der Waals surface area contributed by atoms with Crippen molar-refractivity contribution in [2.45, 2.75) is 51.2 Å². The lowest BCUT2D eigenvalue weighted by molar-refractivity contribution is 0.191. The van der Waals surface area contributed by atoms with Crippen molar-refractivity contribution in [3.63, 3.8) is 0 Å². The van der Waals surface area contributed by atoms with Crippen molar-refractivity contribution < 1.29 is 0 Å². The van der Waals surface area contributed by atoms with Crippen molar-refractivity contribution in [1.29, 1.82) is 0 Å². The van der Waals surface area contributed by atoms with Crippen LogP contribution in [0.4, 0.5) is 5.69 Å². The zero-order valence-corrected chi connectivity index (χ0v) is 18.5. The summed E-state index contributed by atoms with van der Waals surface area (Å²) in [5.74, 6) is 0. The minimum absolute atomic E-state index is 0.445. The predicted molar refractivity (Wildman–Crippen MR) is 123 cm³/mol. The Morgan fingerprint density at radius 2 is 2.07 bits per heavy atom. The van der Waals surface area contributed by atoms with E-state index in [-0.39, 0.29) is 0 Å². The molecule has 1 aliphatic carbocycles. The van der Waals surface area contributed by atoms with Gasteiger partial charge in [0.1, 0.15) is 0 Å². The number of piperazine rings is 1. The first-order valence-corrected chi connectivity index (χ1v) is 11.6. The molecular weight excluding hydrogens is 370 g/mol. The largest absolute Gasteiger partial charge is 0.369 e. The van der Waals surface area contributed by atoms with Gasteiger partial charge in [-0.1, -0.05) is 18.2 Å². The molecule has 30 heavy (non-hydrogen) atoms. The molecule has 0 saturated carbocycles. The maximum atomic E-state index is 4.85. The molecule has 1 fully saturated rings. The number of pyridine rings is 1. The van der Waals surface area contributed by atoms with Crippen LogP contribution in [0.2, 0.25) is 0 Å². The lowest BCUT2D eigenvalue weighted by Crippen LogP contribution is -2.47. The number of hydrogen-bond acceptors (Lipinski definition) is 5. The molecule has 0 unspecified atom stereocenters. The highest BCUT2D eigenvalue weighted by Crippen LogP contribution is 2.34. The zero-order valence-electron chi connectivity index (χ0n) is 18.5. The molecule has 3 aliphatic rings. The SMILES string of the molecule is Cc1cnc2c(c1)CCC[C@@H]2N(C)C[C@@H]1Cc2c(cccc2N2CCNCC2)CN1. The second-order valence-corrected chi connectivity index (χ2v) is 9.34. The zero-order chi connectivity index (χ0) is 20.5. The Morgan fingerprint density at radius 1 is 1.20 bits per heavy atom. The molecule has 5 rings (SSSR count). The summed E-state index contributed by atoms with van der Waals surface area (Å²) in [6.07, 6.45) is 6.81. The van der Waals surface area contributed by atoms with Gasteiger partial charge in [-0.3, -0.25) is 9.88 Å². The van der Waals surface area contributed by atoms with E-state index in [4.69, 9.17) is 4.98 Å². The van der Waals surface area contributed by atoms with Gasteiger partial charge in [0, 0.05) is 57.2 Å². The molecule has 2 aromatic rings. The average molecular weight is 406 g/mol. The number of aryl methyl sites for hydroxylation is 2. The Balaban J connectivity index is 1.31. The molecule has 0 bridgehead atoms. The minimum Gasteiger partial charge on any atom is -0.369 e. The van der Waals surface area contributed by atoms with Gasteiger partial charge in [0.15, 0.2) is 0 Å². The fourth-order valence-corrected chi connectivity index (χ4v) is 5.59. The second-order valence-electron chi connectivity index (χ2n) is 9.34. The summed E-state index contributed by atoms with van der Waals surface area (Å²) in [4.78, 5) is 9.98. The van der Waals surface area contributed by atoms with Crippen molar-refractivity contribution in [2.24, 2.45) is 0 Å². The smallest absolute Gasteiger partial charge is 0.0607 e. The summed E-state index contributed by atoms with van der Waals surface area (Å²) in [6, 6.07) is 10.1. The van der Waals surface area contributed by atoms with Crippen LogP contribution in [-0.2, 0) is 19.4 Å². The van der Waals surface area contributed by atoms with Crippen LogP contribution in [0.3, 0.4) is 0 Å². The molecule has 0 spiro atoms. The number of nitrogens with one attached hydrogen (secondary N) is 2. The van der Waals surface area contributed by atoms with E-state index >= 15 is 0 Å². The second kappa shape index (κ2) is 8.66. The van der Waals surface area contributed by atoms with E-state index in [0.717, 1.165) is 45.7 Å². The highest BCUT2D eigenvalue weighted by Gasteiger charge is 2.29. The highest BCUT2D eigenvalue weighted by atomic mass is 15.2. The number of hydrogen-bond donors (Lipinski definition) is 2. The van der Waals surface area contributed by atoms with E-state index in [1.807, 2.05) is 6.20 Å². The van der Waals surface area contributed by atoms with Crippen LogP contribution in [0.15, 0.2) is 30.5 Å². The van der Waals surface area contributed by atoms with Crippen LogP contribution in [0.25, 0.3) is 0 Å². The summed E-state index contributed by atoms with van der Waals surface area (Å²) < 4.78 is 0. The van der Waals surface area contributed by atoms with Gasteiger partial charge >= 0.3 is 0 Å². The van der Waals surface area contributed by atoms with Gasteiger partial charge < -0.3 is 15.5 Å². The van der Waals surface area contributed by atoms with Crippen LogP contribution in [0.1, 0.15) is 46.8 Å². The molecule has 0 amide bonds. The van der Waals surface area contributed by atoms with E-state index in [2.05, 4.69) is 58.7 Å². The standard InChI is InChI=1S/C25H35N5/c1-18-13-19-5-3-8-24(25(19)28-15-18)29(2)17-21-14-22-20(16-27-21)6-4-7-23(22)30-11-9-26-10-12-30/h4,6-7,13,15,21,24,26-27H,3,5,8-12,14,16-17H2,1-2H3/t21-,24-/m0/s1. The molecule has 5 heteroatoms. The first-order valence-electron chi connectivity index (χ1n) is 11.6. The Hall–Kier alpha value is -1.95. The maximum Gasteiger partial charge on any atom is 0.0607 e. The van der Waals surface area contributed by atoms with Gasteiger partial charge in [0.05, 0.1) is 11.7 Å². The Kier molecular flexibility index (Phi) is 5.77. The molecule has 1 aromatic heterocycles. The van der Waals surface area contributed by atoms with Gasteiger partial charge in [-0.05, 0) is 68.0 Å². The number of likely N-dealkylation sites (N-methyl/N-ethyl adjacent to an activating group) is 1. The lowest BCUT2D eigenvalue weighted by Gasteiger charge is -2.38. The third kappa shape index (κ3) is 3.98. The van der Waals surface area contributed by atoms with Crippen molar-refractivity contribution in [2.75, 3.05) is 44.7 Å². The fourth-order valence-electron chi connectivity index (χ4n) is 5.59. The summed E-state index contributed by atoms with van der Waals surface area (Å²) in [7, 11) is 2.29. The van der Waals surface area contributed by atoms with Crippen molar-refractivity contribution in [3.8, 4) is 0 Å². The number of aromatic nitrogens is 1. The first kappa shape index (κ1) is 20.0. The fraction of sp³-hybridized carbons (Fsp3) is 0.560. The average Bonchev–Trinajstić information content (AvgIpc) is 2.78. The molecule has 2 N–H and O–H groups in total. The molecule has 5 nitrogen and oxygen atoms in total. The van der Waals surface area contributed by atoms with Crippen molar-refractivity contribution in [1.82, 2.24) is 20.5 Å². The van der Waals surface area contributed by atoms with E-state index in [9.17, 15) is 0 Å². The molecule has 160 valence electrons. The summed E-state index contributed by atoms with van der Waals surface area (Å²) in [5, 5.41) is 7.30. The van der Waals surface area contributed by atoms with Crippen LogP contribution < -0.4 is 15.5 Å². The summed E-state index contributed by atoms with van der Waals surface area (Å²) in [5.41, 5.74) is 8.55. The molecule has 2 aliphatic heterocycles. The van der Waals surface area contributed by atoms with Gasteiger partial charge in [0.25, 0.3) is 0 Å². The van der Waals surface area contributed by atoms with Gasteiger partial charge in [0.2, 0.25) is 0 Å². The summed E-state index contributed by atoms with van der Waals surface area (Å²) >= 11 is 0. The van der Waals surface area contributed by atoms with E-state index < -0.39 is 0 Å². The van der Waals surface area contributed by atoms with E-state index in [1.165, 1.54) is 47.3 Å². The van der Waals surface area contributed by atoms with E-state index in [1.54, 1.807) is 5.56 Å². The predicted octanol–water partition coefficient (Wildman–Crippen LogP) is 2.82. The van der Waals surface area contributed by atoms with Crippen molar-refractivity contribution >= 4 is 5.69 Å². The molecule has 2 atom stereocenters. The topological polar surface area (TPSA) is 43.4 Å².